The van der Waals surface area contributed by atoms with Crippen LogP contribution in [0.2, 0.25) is 0 Å². The van der Waals surface area contributed by atoms with Crippen molar-refractivity contribution in [1.29, 1.82) is 0 Å². The van der Waals surface area contributed by atoms with Crippen molar-refractivity contribution in [3.05, 3.63) is 49.6 Å². The van der Waals surface area contributed by atoms with Gasteiger partial charge < -0.3 is 0 Å². The molecule has 0 saturated heterocycles. The Morgan fingerprint density at radius 2 is 0.900 bits per heavy atom. The molecular weight excluding hydrogens is 644 g/mol. The SMILES string of the molecule is c1cnc(-c2nnn(CCCCCCn3nnc(-c4nccnc4-c4nnnn4CCCCCCn4nnc(-c5cnccn5)n4)n3)n2)cn1. The van der Waals surface area contributed by atoms with Crippen molar-refractivity contribution in [3.63, 3.8) is 0 Å². The van der Waals surface area contributed by atoms with Gasteiger partial charge in [-0.25, -0.2) is 24.6 Å². The molecule has 0 spiro atoms. The van der Waals surface area contributed by atoms with Crippen LogP contribution in [0.5, 0.6) is 0 Å². The highest BCUT2D eigenvalue weighted by atomic mass is 15.6. The second kappa shape index (κ2) is 16.1. The van der Waals surface area contributed by atoms with Crippen LogP contribution >= 0.6 is 0 Å². The van der Waals surface area contributed by atoms with Gasteiger partial charge in [0.2, 0.25) is 23.3 Å². The molecule has 7 rings (SSSR count). The first kappa shape index (κ1) is 32.1. The van der Waals surface area contributed by atoms with E-state index in [1.807, 2.05) is 0 Å². The second-order valence-corrected chi connectivity index (χ2v) is 11.1. The minimum Gasteiger partial charge on any atom is -0.261 e. The molecule has 0 aromatic carbocycles. The van der Waals surface area contributed by atoms with Crippen molar-refractivity contribution in [3.8, 4) is 46.1 Å². The van der Waals surface area contributed by atoms with Crippen LogP contribution < -0.4 is 0 Å². The van der Waals surface area contributed by atoms with Gasteiger partial charge in [0.25, 0.3) is 0 Å². The van der Waals surface area contributed by atoms with Crippen LogP contribution in [-0.2, 0) is 26.2 Å². The summed E-state index contributed by atoms with van der Waals surface area (Å²) >= 11 is 0. The van der Waals surface area contributed by atoms with E-state index in [9.17, 15) is 0 Å². The highest BCUT2D eigenvalue weighted by molar-refractivity contribution is 5.69. The summed E-state index contributed by atoms with van der Waals surface area (Å²) in [6.45, 7) is 2.57. The predicted octanol–water partition coefficient (Wildman–Crippen LogP) is 1.19. The Morgan fingerprint density at radius 3 is 1.44 bits per heavy atom. The van der Waals surface area contributed by atoms with Crippen LogP contribution in [0, 0.1) is 0 Å². The molecule has 0 aliphatic carbocycles. The normalized spacial score (nSPS) is 11.4. The fourth-order valence-electron chi connectivity index (χ4n) is 5.06. The van der Waals surface area contributed by atoms with E-state index < -0.39 is 0 Å². The summed E-state index contributed by atoms with van der Waals surface area (Å²) in [5, 5.41) is 50.5. The monoisotopic (exact) mass is 676 g/mol. The summed E-state index contributed by atoms with van der Waals surface area (Å²) in [6, 6.07) is 0. The fraction of sp³-hybridized carbons (Fsp3) is 0.429. The third-order valence-electron chi connectivity index (χ3n) is 7.54. The number of tetrazole rings is 4. The third-order valence-corrected chi connectivity index (χ3v) is 7.54. The molecule has 0 N–H and O–H groups in total. The standard InChI is InChI=1S/C28H32N22/c1(2-6-16-48-39-25(35-43-48)21-19-29-9-11-31-21)5-15-47-28(38-42-46-47)24-23(33-13-14-34-24)27-37-45-50(41-27)18-8-4-3-7-17-49-40-26(36-44-49)22-20-30-10-12-32-22/h9-14,19-20H,1-8,15-18H2. The number of hydrogen-bond acceptors (Lipinski definition) is 18. The molecule has 7 heterocycles. The first-order valence-corrected chi connectivity index (χ1v) is 16.2. The first-order chi connectivity index (χ1) is 24.8. The van der Waals surface area contributed by atoms with Crippen molar-refractivity contribution in [2.45, 2.75) is 77.5 Å². The molecule has 254 valence electrons. The van der Waals surface area contributed by atoms with Gasteiger partial charge in [-0.3, -0.25) is 9.97 Å². The maximum Gasteiger partial charge on any atom is 0.225 e. The summed E-state index contributed by atoms with van der Waals surface area (Å²) < 4.78 is 1.73. The smallest absolute Gasteiger partial charge is 0.225 e. The topological polar surface area (TPSA) is 252 Å². The van der Waals surface area contributed by atoms with Gasteiger partial charge in [0.05, 0.1) is 32.0 Å². The maximum absolute atomic E-state index is 4.56. The Balaban J connectivity index is 0.845. The maximum atomic E-state index is 4.56. The lowest BCUT2D eigenvalue weighted by atomic mass is 10.2. The van der Waals surface area contributed by atoms with Gasteiger partial charge in [-0.05, 0) is 51.8 Å². The molecule has 0 radical (unpaired) electrons. The Bertz CT molecular complexity index is 2050. The zero-order chi connectivity index (χ0) is 33.8. The number of aromatic nitrogens is 22. The number of unbranched alkanes of at least 4 members (excludes halogenated alkanes) is 6. The molecule has 0 aliphatic rings. The second-order valence-electron chi connectivity index (χ2n) is 11.1. The Morgan fingerprint density at radius 1 is 0.420 bits per heavy atom. The van der Waals surface area contributed by atoms with E-state index in [-0.39, 0.29) is 0 Å². The molecule has 0 bridgehead atoms. The molecule has 7 aromatic heterocycles. The zero-order valence-corrected chi connectivity index (χ0v) is 26.9. The molecule has 22 nitrogen and oxygen atoms in total. The summed E-state index contributed by atoms with van der Waals surface area (Å²) in [6.07, 6.45) is 20.3. The van der Waals surface area contributed by atoms with E-state index in [4.69, 9.17) is 0 Å². The lowest BCUT2D eigenvalue weighted by Gasteiger charge is -2.06. The molecule has 50 heavy (non-hydrogen) atoms. The third kappa shape index (κ3) is 8.14. The van der Waals surface area contributed by atoms with E-state index in [1.165, 1.54) is 0 Å². The summed E-state index contributed by atoms with van der Waals surface area (Å²) in [5.74, 6) is 1.79. The van der Waals surface area contributed by atoms with Crippen LogP contribution in [0.3, 0.4) is 0 Å². The molecular formula is C28H32N22. The van der Waals surface area contributed by atoms with E-state index in [0.29, 0.717) is 72.3 Å². The highest BCUT2D eigenvalue weighted by Crippen LogP contribution is 2.24. The Hall–Kier alpha value is -6.48. The average Bonchev–Trinajstić information content (AvgIpc) is 4.00. The molecule has 0 unspecified atom stereocenters. The van der Waals surface area contributed by atoms with Crippen molar-refractivity contribution < 1.29 is 0 Å². The molecule has 22 heteroatoms. The minimum atomic E-state index is 0.364. The lowest BCUT2D eigenvalue weighted by Crippen LogP contribution is -2.07. The van der Waals surface area contributed by atoms with Gasteiger partial charge >= 0.3 is 0 Å². The molecule has 7 aromatic rings. The van der Waals surface area contributed by atoms with Gasteiger partial charge in [-0.15, -0.1) is 35.7 Å². The highest BCUT2D eigenvalue weighted by Gasteiger charge is 2.20. The Kier molecular flexibility index (Phi) is 10.3. The van der Waals surface area contributed by atoms with E-state index >= 15 is 0 Å². The van der Waals surface area contributed by atoms with Crippen molar-refractivity contribution in [1.82, 2.24) is 111 Å². The molecule has 0 atom stereocenters. The van der Waals surface area contributed by atoms with Gasteiger partial charge in [0.1, 0.15) is 22.8 Å². The van der Waals surface area contributed by atoms with Crippen molar-refractivity contribution >= 4 is 0 Å². The number of nitrogens with zero attached hydrogens (tertiary/aromatic N) is 22. The Labute approximate surface area is 283 Å². The average molecular weight is 677 g/mol. The molecule has 0 amide bonds. The predicted molar refractivity (Wildman–Crippen MR) is 170 cm³/mol. The molecule has 0 aliphatic heterocycles. The number of rotatable bonds is 18. The lowest BCUT2D eigenvalue weighted by molar-refractivity contribution is 0.449. The summed E-state index contributed by atoms with van der Waals surface area (Å²) in [5.41, 5.74) is 2.16. The van der Waals surface area contributed by atoms with Crippen molar-refractivity contribution in [2.75, 3.05) is 0 Å². The zero-order valence-electron chi connectivity index (χ0n) is 26.9. The van der Waals surface area contributed by atoms with Gasteiger partial charge in [0.15, 0.2) is 0 Å². The van der Waals surface area contributed by atoms with Crippen LogP contribution in [-0.4, -0.2) is 111 Å². The fourth-order valence-corrected chi connectivity index (χ4v) is 5.06. The summed E-state index contributed by atoms with van der Waals surface area (Å²) in [7, 11) is 0. The van der Waals surface area contributed by atoms with E-state index in [1.54, 1.807) is 68.6 Å². The molecule has 0 saturated carbocycles. The van der Waals surface area contributed by atoms with Gasteiger partial charge in [-0.2, -0.15) is 14.4 Å². The van der Waals surface area contributed by atoms with Crippen LogP contribution in [0.1, 0.15) is 51.4 Å². The number of aryl methyl sites for hydroxylation is 4. The van der Waals surface area contributed by atoms with E-state index in [2.05, 4.69) is 91.7 Å². The van der Waals surface area contributed by atoms with Crippen molar-refractivity contribution in [2.24, 2.45) is 0 Å². The van der Waals surface area contributed by atoms with Gasteiger partial charge in [0, 0.05) is 43.7 Å². The van der Waals surface area contributed by atoms with Gasteiger partial charge in [-0.1, -0.05) is 25.7 Å². The van der Waals surface area contributed by atoms with Crippen LogP contribution in [0.4, 0.5) is 0 Å². The van der Waals surface area contributed by atoms with Crippen LogP contribution in [0.25, 0.3) is 46.1 Å². The number of hydrogen-bond donors (Lipinski definition) is 0. The van der Waals surface area contributed by atoms with E-state index in [0.717, 1.165) is 51.4 Å². The summed E-state index contributed by atoms with van der Waals surface area (Å²) in [4.78, 5) is 30.3. The molecule has 0 fully saturated rings. The quantitative estimate of drug-likeness (QED) is 0.116. The minimum absolute atomic E-state index is 0.364. The largest absolute Gasteiger partial charge is 0.261 e. The van der Waals surface area contributed by atoms with Crippen LogP contribution in [0.15, 0.2) is 49.6 Å². The first-order valence-electron chi connectivity index (χ1n) is 16.2.